The molecule has 1 amide bonds. The highest BCUT2D eigenvalue weighted by Crippen LogP contribution is 2.31. The zero-order valence-corrected chi connectivity index (χ0v) is 16.4. The minimum Gasteiger partial charge on any atom is -0.493 e. The van der Waals surface area contributed by atoms with Gasteiger partial charge in [0.15, 0.2) is 5.16 Å². The van der Waals surface area contributed by atoms with Crippen molar-refractivity contribution in [3.63, 3.8) is 0 Å². The van der Waals surface area contributed by atoms with Crippen molar-refractivity contribution in [2.45, 2.75) is 36.9 Å². The highest BCUT2D eigenvalue weighted by molar-refractivity contribution is 7.99. The van der Waals surface area contributed by atoms with Crippen molar-refractivity contribution in [3.8, 4) is 17.6 Å². The number of ether oxygens (including phenoxy) is 2. The average molecular weight is 407 g/mol. The van der Waals surface area contributed by atoms with Crippen LogP contribution in [-0.4, -0.2) is 50.5 Å². The summed E-state index contributed by atoms with van der Waals surface area (Å²) in [7, 11) is 2.89. The second-order valence-corrected chi connectivity index (χ2v) is 7.10. The summed E-state index contributed by atoms with van der Waals surface area (Å²) in [6.45, 7) is 0. The summed E-state index contributed by atoms with van der Waals surface area (Å²) in [4.78, 5) is 36.8. The van der Waals surface area contributed by atoms with E-state index in [1.165, 1.54) is 20.3 Å². The Labute approximate surface area is 165 Å². The smallest absolute Gasteiger partial charge is 0.258 e. The number of thioether (sulfide) groups is 1. The summed E-state index contributed by atoms with van der Waals surface area (Å²) >= 11 is 1.07. The number of nitrogens with one attached hydrogen (secondary N) is 1. The maximum absolute atomic E-state index is 12.3. The number of carbonyl (C=O) groups excluding carboxylic acids is 1. The molecule has 2 aromatic rings. The molecule has 0 radical (unpaired) electrons. The molecular weight excluding hydrogens is 386 g/mol. The first-order valence-corrected chi connectivity index (χ1v) is 9.71. The Morgan fingerprint density at radius 1 is 1.21 bits per heavy atom. The standard InChI is InChI=1S/C17H21N5O5S/c1-26-13-8-14(27-2)21-16(20-13)18-12(24)9-28-17-19-11(23)7-15(25)22(17)10-5-3-4-6-10/h7-8,10,23H,3-6,9H2,1-2H3,(H,18,20,21,24). The van der Waals surface area contributed by atoms with Gasteiger partial charge in [-0.1, -0.05) is 24.6 Å². The van der Waals surface area contributed by atoms with E-state index in [1.807, 2.05) is 0 Å². The Bertz CT molecular complexity index is 891. The molecule has 1 saturated carbocycles. The van der Waals surface area contributed by atoms with Gasteiger partial charge >= 0.3 is 0 Å². The third-order valence-electron chi connectivity index (χ3n) is 4.28. The molecule has 0 aromatic carbocycles. The second kappa shape index (κ2) is 8.91. The van der Waals surface area contributed by atoms with Crippen molar-refractivity contribution in [3.05, 3.63) is 22.5 Å². The molecule has 11 heteroatoms. The van der Waals surface area contributed by atoms with E-state index >= 15 is 0 Å². The van der Waals surface area contributed by atoms with E-state index in [0.717, 1.165) is 43.5 Å². The van der Waals surface area contributed by atoms with Crippen molar-refractivity contribution in [1.82, 2.24) is 19.5 Å². The fraction of sp³-hybridized carbons (Fsp3) is 0.471. The van der Waals surface area contributed by atoms with Gasteiger partial charge in [-0.2, -0.15) is 15.0 Å². The SMILES string of the molecule is COc1cc(OC)nc(NC(=O)CSc2nc(O)cc(=O)n2C2CCCC2)n1. The third kappa shape index (κ3) is 4.71. The van der Waals surface area contributed by atoms with Crippen LogP contribution in [0.4, 0.5) is 5.95 Å². The van der Waals surface area contributed by atoms with Gasteiger partial charge in [0, 0.05) is 6.04 Å². The van der Waals surface area contributed by atoms with E-state index in [2.05, 4.69) is 20.3 Å². The maximum atomic E-state index is 12.3. The fourth-order valence-electron chi connectivity index (χ4n) is 3.02. The van der Waals surface area contributed by atoms with E-state index in [9.17, 15) is 14.7 Å². The third-order valence-corrected chi connectivity index (χ3v) is 5.23. The van der Waals surface area contributed by atoms with Gasteiger partial charge < -0.3 is 14.6 Å². The van der Waals surface area contributed by atoms with E-state index in [4.69, 9.17) is 9.47 Å². The lowest BCUT2D eigenvalue weighted by Crippen LogP contribution is -2.26. The number of hydrogen-bond acceptors (Lipinski definition) is 9. The van der Waals surface area contributed by atoms with Crippen molar-refractivity contribution >= 4 is 23.6 Å². The molecule has 2 N–H and O–H groups in total. The number of methoxy groups -OCH3 is 2. The van der Waals surface area contributed by atoms with Crippen LogP contribution >= 0.6 is 11.8 Å². The largest absolute Gasteiger partial charge is 0.493 e. The fourth-order valence-corrected chi connectivity index (χ4v) is 3.89. The predicted octanol–water partition coefficient (Wildman–Crippen LogP) is 1.60. The molecule has 150 valence electrons. The van der Waals surface area contributed by atoms with Crippen LogP contribution in [0.2, 0.25) is 0 Å². The van der Waals surface area contributed by atoms with Gasteiger partial charge in [-0.05, 0) is 12.8 Å². The topological polar surface area (TPSA) is 128 Å². The monoisotopic (exact) mass is 407 g/mol. The van der Waals surface area contributed by atoms with Crippen LogP contribution < -0.4 is 20.3 Å². The quantitative estimate of drug-likeness (QED) is 0.519. The van der Waals surface area contributed by atoms with Gasteiger partial charge in [0.2, 0.25) is 29.5 Å². The summed E-state index contributed by atoms with van der Waals surface area (Å²) < 4.78 is 11.7. The molecule has 10 nitrogen and oxygen atoms in total. The highest BCUT2D eigenvalue weighted by atomic mass is 32.2. The van der Waals surface area contributed by atoms with Gasteiger partial charge in [-0.15, -0.1) is 0 Å². The molecular formula is C17H21N5O5S. The van der Waals surface area contributed by atoms with Gasteiger partial charge in [0.25, 0.3) is 5.56 Å². The molecule has 0 spiro atoms. The zero-order valence-electron chi connectivity index (χ0n) is 15.5. The molecule has 2 aromatic heterocycles. The van der Waals surface area contributed by atoms with Crippen molar-refractivity contribution < 1.29 is 19.4 Å². The average Bonchev–Trinajstić information content (AvgIpc) is 3.19. The molecule has 3 rings (SSSR count). The number of anilines is 1. The van der Waals surface area contributed by atoms with Crippen molar-refractivity contribution in [2.24, 2.45) is 0 Å². The van der Waals surface area contributed by atoms with E-state index in [-0.39, 0.29) is 40.9 Å². The number of aromatic nitrogens is 4. The molecule has 2 heterocycles. The van der Waals surface area contributed by atoms with Crippen molar-refractivity contribution in [2.75, 3.05) is 25.3 Å². The highest BCUT2D eigenvalue weighted by Gasteiger charge is 2.22. The lowest BCUT2D eigenvalue weighted by atomic mass is 10.2. The summed E-state index contributed by atoms with van der Waals surface area (Å²) in [5.74, 6) is -0.248. The predicted molar refractivity (Wildman–Crippen MR) is 102 cm³/mol. The summed E-state index contributed by atoms with van der Waals surface area (Å²) in [5, 5.41) is 12.6. The Kier molecular flexibility index (Phi) is 6.34. The van der Waals surface area contributed by atoms with E-state index in [0.29, 0.717) is 5.16 Å². The van der Waals surface area contributed by atoms with Gasteiger partial charge in [-0.25, -0.2) is 0 Å². The molecule has 0 bridgehead atoms. The lowest BCUT2D eigenvalue weighted by molar-refractivity contribution is -0.113. The molecule has 0 aliphatic heterocycles. The van der Waals surface area contributed by atoms with Gasteiger partial charge in [0.05, 0.1) is 32.1 Å². The number of hydrogen-bond donors (Lipinski definition) is 2. The number of carbonyl (C=O) groups is 1. The molecule has 0 saturated heterocycles. The summed E-state index contributed by atoms with van der Waals surface area (Å²) in [6, 6.07) is 2.62. The Morgan fingerprint density at radius 3 is 2.46 bits per heavy atom. The Hall–Kier alpha value is -2.82. The Morgan fingerprint density at radius 2 is 1.86 bits per heavy atom. The number of rotatable bonds is 7. The molecule has 28 heavy (non-hydrogen) atoms. The van der Waals surface area contributed by atoms with Crippen LogP contribution in [-0.2, 0) is 4.79 Å². The van der Waals surface area contributed by atoms with E-state index in [1.54, 1.807) is 4.57 Å². The van der Waals surface area contributed by atoms with Gasteiger partial charge in [-0.3, -0.25) is 19.5 Å². The minimum atomic E-state index is -0.393. The summed E-state index contributed by atoms with van der Waals surface area (Å²) in [5.41, 5.74) is -0.317. The summed E-state index contributed by atoms with van der Waals surface area (Å²) in [6.07, 6.45) is 3.84. The van der Waals surface area contributed by atoms with Crippen LogP contribution in [0.5, 0.6) is 17.6 Å². The first-order valence-electron chi connectivity index (χ1n) is 8.72. The van der Waals surface area contributed by atoms with Crippen LogP contribution in [0.1, 0.15) is 31.7 Å². The maximum Gasteiger partial charge on any atom is 0.258 e. The van der Waals surface area contributed by atoms with Gasteiger partial charge in [0.1, 0.15) is 0 Å². The minimum absolute atomic E-state index is 0.0362. The van der Waals surface area contributed by atoms with E-state index < -0.39 is 5.91 Å². The van der Waals surface area contributed by atoms with Crippen molar-refractivity contribution in [1.29, 1.82) is 0 Å². The molecule has 1 aliphatic carbocycles. The van der Waals surface area contributed by atoms with Crippen LogP contribution in [0.25, 0.3) is 0 Å². The lowest BCUT2D eigenvalue weighted by Gasteiger charge is -2.17. The number of amides is 1. The van der Waals surface area contributed by atoms with Crippen LogP contribution in [0, 0.1) is 0 Å². The molecule has 1 aliphatic rings. The first-order chi connectivity index (χ1) is 13.5. The zero-order chi connectivity index (χ0) is 20.1. The first kappa shape index (κ1) is 19.9. The molecule has 1 fully saturated rings. The number of aromatic hydroxyl groups is 1. The normalized spacial score (nSPS) is 14.1. The second-order valence-electron chi connectivity index (χ2n) is 6.16. The number of nitrogens with zero attached hydrogens (tertiary/aromatic N) is 4. The molecule has 0 unspecified atom stereocenters. The van der Waals surface area contributed by atoms with Crippen LogP contribution in [0.15, 0.2) is 22.1 Å². The molecule has 0 atom stereocenters. The van der Waals surface area contributed by atoms with Crippen LogP contribution in [0.3, 0.4) is 0 Å². The Balaban J connectivity index is 1.72.